The lowest BCUT2D eigenvalue weighted by molar-refractivity contribution is -0.134. The molecule has 1 heterocycles. The molecule has 35 heavy (non-hydrogen) atoms. The number of ether oxygens (including phenoxy) is 1. The number of imide groups is 1. The molecule has 1 aliphatic heterocycles. The van der Waals surface area contributed by atoms with E-state index in [1.54, 1.807) is 54.6 Å². The van der Waals surface area contributed by atoms with Crippen molar-refractivity contribution in [2.24, 2.45) is 0 Å². The zero-order chi connectivity index (χ0) is 24.9. The van der Waals surface area contributed by atoms with Gasteiger partial charge in [0.1, 0.15) is 23.7 Å². The van der Waals surface area contributed by atoms with Crippen LogP contribution < -0.4 is 15.4 Å². The third kappa shape index (κ3) is 5.61. The normalized spacial score (nSPS) is 16.1. The first-order valence-corrected chi connectivity index (χ1v) is 12.1. The van der Waals surface area contributed by atoms with Crippen LogP contribution in [0.25, 0.3) is 0 Å². The quantitative estimate of drug-likeness (QED) is 0.296. The highest BCUT2D eigenvalue weighted by Crippen LogP contribution is 2.27. The van der Waals surface area contributed by atoms with Crippen LogP contribution in [0.15, 0.2) is 72.8 Å². The van der Waals surface area contributed by atoms with Gasteiger partial charge in [-0.25, -0.2) is 14.1 Å². The highest BCUT2D eigenvalue weighted by Gasteiger charge is 2.45. The Balaban J connectivity index is 1.62. The molecule has 0 radical (unpaired) electrons. The predicted octanol–water partition coefficient (Wildman–Crippen LogP) is 4.67. The van der Waals surface area contributed by atoms with Crippen LogP contribution in [0, 0.1) is 9.39 Å². The lowest BCUT2D eigenvalue weighted by Crippen LogP contribution is -2.49. The van der Waals surface area contributed by atoms with Crippen molar-refractivity contribution < 1.29 is 23.5 Å². The molecule has 1 aliphatic rings. The fraction of sp³-hybridized carbons (Fsp3) is 0.192. The van der Waals surface area contributed by atoms with Crippen molar-refractivity contribution in [3.8, 4) is 5.75 Å². The van der Waals surface area contributed by atoms with Crippen molar-refractivity contribution in [2.45, 2.75) is 25.4 Å². The van der Waals surface area contributed by atoms with Gasteiger partial charge in [0, 0.05) is 9.99 Å². The fourth-order valence-corrected chi connectivity index (χ4v) is 4.34. The number of hydrogen-bond donors (Lipinski definition) is 2. The molecule has 180 valence electrons. The fourth-order valence-electron chi connectivity index (χ4n) is 3.88. The van der Waals surface area contributed by atoms with Crippen molar-refractivity contribution in [1.29, 1.82) is 0 Å². The standard InChI is InChI=1S/C26H23FIN3O4/c1-2-35-19-11-8-17(9-12-19)23-25(33)31(26(34)30-23)22(14-16-6-4-3-5-7-16)24(32)29-21-13-10-18(28)15-20(21)27/h3-13,15,22-23H,2,14H2,1H3,(H,29,32)(H,30,34). The molecular weight excluding hydrogens is 564 g/mol. The number of anilines is 1. The SMILES string of the molecule is CCOc1ccc(C2NC(=O)N(C(Cc3ccccc3)C(=O)Nc3ccc(I)cc3F)C2=O)cc1. The monoisotopic (exact) mass is 587 g/mol. The lowest BCUT2D eigenvalue weighted by atomic mass is 10.0. The maximum Gasteiger partial charge on any atom is 0.325 e. The average Bonchev–Trinajstić information content (AvgIpc) is 3.14. The van der Waals surface area contributed by atoms with E-state index in [9.17, 15) is 18.8 Å². The van der Waals surface area contributed by atoms with Gasteiger partial charge in [0.2, 0.25) is 5.91 Å². The molecule has 2 atom stereocenters. The Labute approximate surface area is 215 Å². The van der Waals surface area contributed by atoms with Gasteiger partial charge in [-0.1, -0.05) is 42.5 Å². The Morgan fingerprint density at radius 1 is 1.11 bits per heavy atom. The smallest absolute Gasteiger partial charge is 0.325 e. The number of hydrogen-bond acceptors (Lipinski definition) is 4. The van der Waals surface area contributed by atoms with Crippen molar-refractivity contribution >= 4 is 46.1 Å². The Bertz CT molecular complexity index is 1240. The van der Waals surface area contributed by atoms with Crippen LogP contribution in [0.1, 0.15) is 24.1 Å². The number of carbonyl (C=O) groups is 3. The maximum absolute atomic E-state index is 14.4. The molecule has 1 saturated heterocycles. The molecule has 0 aliphatic carbocycles. The summed E-state index contributed by atoms with van der Waals surface area (Å²) >= 11 is 1.97. The summed E-state index contributed by atoms with van der Waals surface area (Å²) in [6, 6.07) is 17.4. The Morgan fingerprint density at radius 3 is 2.49 bits per heavy atom. The molecule has 4 rings (SSSR count). The van der Waals surface area contributed by atoms with E-state index < -0.39 is 35.7 Å². The van der Waals surface area contributed by atoms with Crippen LogP contribution in [0.3, 0.4) is 0 Å². The molecule has 2 unspecified atom stereocenters. The second-order valence-corrected chi connectivity index (χ2v) is 9.16. The van der Waals surface area contributed by atoms with E-state index in [1.807, 2.05) is 35.6 Å². The van der Waals surface area contributed by atoms with Crippen molar-refractivity contribution in [3.63, 3.8) is 0 Å². The van der Waals surface area contributed by atoms with Crippen molar-refractivity contribution in [1.82, 2.24) is 10.2 Å². The van der Waals surface area contributed by atoms with Gasteiger partial charge >= 0.3 is 6.03 Å². The van der Waals surface area contributed by atoms with Crippen LogP contribution >= 0.6 is 22.6 Å². The molecule has 0 bridgehead atoms. The van der Waals surface area contributed by atoms with Crippen LogP contribution in [0.2, 0.25) is 0 Å². The van der Waals surface area contributed by atoms with Gasteiger partial charge in [0.15, 0.2) is 0 Å². The summed E-state index contributed by atoms with van der Waals surface area (Å²) < 4.78 is 20.5. The van der Waals surface area contributed by atoms with E-state index in [0.29, 0.717) is 21.5 Å². The predicted molar refractivity (Wildman–Crippen MR) is 137 cm³/mol. The molecule has 1 fully saturated rings. The Kier molecular flexibility index (Phi) is 7.64. The van der Waals surface area contributed by atoms with Gasteiger partial charge in [-0.15, -0.1) is 0 Å². The third-order valence-corrected chi connectivity index (χ3v) is 6.24. The lowest BCUT2D eigenvalue weighted by Gasteiger charge is -2.25. The highest BCUT2D eigenvalue weighted by atomic mass is 127. The number of rotatable bonds is 8. The minimum absolute atomic E-state index is 0.0244. The van der Waals surface area contributed by atoms with Gasteiger partial charge in [-0.2, -0.15) is 0 Å². The van der Waals surface area contributed by atoms with Gasteiger partial charge in [0.25, 0.3) is 5.91 Å². The Morgan fingerprint density at radius 2 is 1.83 bits per heavy atom. The van der Waals surface area contributed by atoms with Gasteiger partial charge < -0.3 is 15.4 Å². The summed E-state index contributed by atoms with van der Waals surface area (Å²) in [5.74, 6) is -1.18. The van der Waals surface area contributed by atoms with E-state index in [2.05, 4.69) is 10.6 Å². The Hall–Kier alpha value is -3.47. The zero-order valence-electron chi connectivity index (χ0n) is 18.8. The molecule has 3 aromatic carbocycles. The highest BCUT2D eigenvalue weighted by molar-refractivity contribution is 14.1. The largest absolute Gasteiger partial charge is 0.494 e. The number of nitrogens with zero attached hydrogens (tertiary/aromatic N) is 1. The summed E-state index contributed by atoms with van der Waals surface area (Å²) in [6.45, 7) is 2.37. The number of urea groups is 1. The molecule has 4 amide bonds. The molecule has 2 N–H and O–H groups in total. The number of nitrogens with one attached hydrogen (secondary N) is 2. The summed E-state index contributed by atoms with van der Waals surface area (Å²) in [4.78, 5) is 40.6. The molecule has 7 nitrogen and oxygen atoms in total. The first kappa shape index (κ1) is 24.6. The minimum atomic E-state index is -1.18. The molecule has 3 aromatic rings. The summed E-state index contributed by atoms with van der Waals surface area (Å²) in [6.07, 6.45) is 0.0772. The van der Waals surface area contributed by atoms with E-state index in [0.717, 1.165) is 10.5 Å². The minimum Gasteiger partial charge on any atom is -0.494 e. The zero-order valence-corrected chi connectivity index (χ0v) is 21.0. The summed E-state index contributed by atoms with van der Waals surface area (Å²) in [5, 5.41) is 5.21. The number of amides is 4. The topological polar surface area (TPSA) is 87.7 Å². The molecular formula is C26H23FIN3O4. The van der Waals surface area contributed by atoms with Gasteiger partial charge in [-0.3, -0.25) is 9.59 Å². The molecule has 0 saturated carbocycles. The van der Waals surface area contributed by atoms with E-state index in [-0.39, 0.29) is 12.1 Å². The van der Waals surface area contributed by atoms with E-state index in [4.69, 9.17) is 4.74 Å². The molecule has 0 aromatic heterocycles. The number of carbonyl (C=O) groups excluding carboxylic acids is 3. The third-order valence-electron chi connectivity index (χ3n) is 5.57. The van der Waals surface area contributed by atoms with Crippen LogP contribution in [0.5, 0.6) is 5.75 Å². The van der Waals surface area contributed by atoms with E-state index >= 15 is 0 Å². The van der Waals surface area contributed by atoms with Crippen LogP contribution in [-0.4, -0.2) is 35.4 Å². The molecule has 9 heteroatoms. The van der Waals surface area contributed by atoms with Crippen molar-refractivity contribution in [3.05, 3.63) is 93.3 Å². The van der Waals surface area contributed by atoms with Gasteiger partial charge in [0.05, 0.1) is 12.3 Å². The first-order chi connectivity index (χ1) is 16.9. The second kappa shape index (κ2) is 10.9. The second-order valence-electron chi connectivity index (χ2n) is 7.91. The summed E-state index contributed by atoms with van der Waals surface area (Å²) in [5.41, 5.74) is 1.29. The van der Waals surface area contributed by atoms with E-state index in [1.165, 1.54) is 12.1 Å². The van der Waals surface area contributed by atoms with Crippen molar-refractivity contribution in [2.75, 3.05) is 11.9 Å². The number of benzene rings is 3. The average molecular weight is 587 g/mol. The van der Waals surface area contributed by atoms with Gasteiger partial charge in [-0.05, 0) is 71.0 Å². The first-order valence-electron chi connectivity index (χ1n) is 11.0. The van der Waals surface area contributed by atoms with Crippen LogP contribution in [0.4, 0.5) is 14.9 Å². The molecule has 0 spiro atoms. The number of halogens is 2. The summed E-state index contributed by atoms with van der Waals surface area (Å²) in [7, 11) is 0. The maximum atomic E-state index is 14.4. The van der Waals surface area contributed by atoms with Crippen LogP contribution in [-0.2, 0) is 16.0 Å².